The number of aromatic hydroxyl groups is 1. The van der Waals surface area contributed by atoms with E-state index in [9.17, 15) is 18.6 Å². The average molecular weight is 545 g/mol. The molecule has 0 spiro atoms. The van der Waals surface area contributed by atoms with Crippen LogP contribution in [0.3, 0.4) is 0 Å². The minimum atomic E-state index is -3.52. The molecule has 1 atom stereocenters. The number of benzene rings is 3. The van der Waals surface area contributed by atoms with Crippen LogP contribution in [0.15, 0.2) is 60.7 Å². The predicted molar refractivity (Wildman–Crippen MR) is 152 cm³/mol. The van der Waals surface area contributed by atoms with Gasteiger partial charge in [-0.3, -0.25) is 4.72 Å². The van der Waals surface area contributed by atoms with Crippen molar-refractivity contribution >= 4 is 26.5 Å². The lowest BCUT2D eigenvalue weighted by atomic mass is 10.1. The second-order valence-electron chi connectivity index (χ2n) is 9.46. The molecule has 0 aromatic heterocycles. The molecule has 1 unspecified atom stereocenters. The Morgan fingerprint density at radius 1 is 0.842 bits per heavy atom. The fourth-order valence-corrected chi connectivity index (χ4v) is 4.63. The zero-order valence-electron chi connectivity index (χ0n) is 22.1. The number of anilines is 1. The summed E-state index contributed by atoms with van der Waals surface area (Å²) in [6, 6.07) is 18.8. The third-order valence-corrected chi connectivity index (χ3v) is 6.69. The van der Waals surface area contributed by atoms with Gasteiger partial charge in [-0.15, -0.1) is 0 Å². The molecule has 0 fully saturated rings. The van der Waals surface area contributed by atoms with Crippen molar-refractivity contribution in [2.45, 2.75) is 44.6 Å². The number of ether oxygens (including phenoxy) is 2. The number of phenolic OH excluding ortho intramolecular Hbond substituents is 1. The van der Waals surface area contributed by atoms with Crippen LogP contribution in [-0.4, -0.2) is 57.8 Å². The van der Waals surface area contributed by atoms with Crippen LogP contribution >= 0.6 is 0 Å². The number of rotatable bonds is 18. The third kappa shape index (κ3) is 10.9. The number of fused-ring (bicyclic) bond motifs is 1. The number of phenols is 1. The Bertz CT molecular complexity index is 1230. The maximum atomic E-state index is 11.4. The molecule has 38 heavy (non-hydrogen) atoms. The van der Waals surface area contributed by atoms with Crippen LogP contribution in [0.1, 0.15) is 50.2 Å². The molecule has 0 saturated heterocycles. The molecule has 0 amide bonds. The van der Waals surface area contributed by atoms with Crippen molar-refractivity contribution in [1.29, 1.82) is 0 Å². The molecular formula is C29H40N2O6S. The van der Waals surface area contributed by atoms with Crippen LogP contribution in [-0.2, 0) is 14.8 Å². The lowest BCUT2D eigenvalue weighted by Gasteiger charge is -2.14. The smallest absolute Gasteiger partial charge is 0.229 e. The van der Waals surface area contributed by atoms with Gasteiger partial charge in [-0.05, 0) is 72.8 Å². The molecule has 3 aromatic rings. The summed E-state index contributed by atoms with van der Waals surface area (Å²) in [5, 5.41) is 25.8. The number of aliphatic hydroxyl groups excluding tert-OH is 1. The summed E-state index contributed by atoms with van der Waals surface area (Å²) in [6.45, 7) is 3.33. The van der Waals surface area contributed by atoms with Gasteiger partial charge in [-0.1, -0.05) is 49.2 Å². The first-order valence-electron chi connectivity index (χ1n) is 13.2. The lowest BCUT2D eigenvalue weighted by molar-refractivity contribution is 0.122. The van der Waals surface area contributed by atoms with E-state index in [1.54, 1.807) is 6.07 Å². The molecule has 3 aromatic carbocycles. The molecular weight excluding hydrogens is 504 g/mol. The van der Waals surface area contributed by atoms with Gasteiger partial charge in [-0.25, -0.2) is 8.42 Å². The highest BCUT2D eigenvalue weighted by atomic mass is 32.2. The molecule has 0 aliphatic carbocycles. The van der Waals surface area contributed by atoms with Gasteiger partial charge >= 0.3 is 0 Å². The summed E-state index contributed by atoms with van der Waals surface area (Å²) in [5.41, 5.74) is 0.583. The molecule has 208 valence electrons. The number of hydrogen-bond acceptors (Lipinski definition) is 7. The summed E-state index contributed by atoms with van der Waals surface area (Å²) in [5.74, 6) is 0.722. The highest BCUT2D eigenvalue weighted by Gasteiger charge is 2.12. The summed E-state index contributed by atoms with van der Waals surface area (Å²) in [6.07, 6.45) is 6.34. The Morgan fingerprint density at radius 2 is 1.55 bits per heavy atom. The Balaban J connectivity index is 1.15. The van der Waals surface area contributed by atoms with Crippen molar-refractivity contribution in [3.8, 4) is 11.5 Å². The Kier molecular flexibility index (Phi) is 12.1. The predicted octanol–water partition coefficient (Wildman–Crippen LogP) is 4.98. The van der Waals surface area contributed by atoms with Crippen molar-refractivity contribution in [3.05, 3.63) is 66.2 Å². The van der Waals surface area contributed by atoms with Crippen LogP contribution in [0, 0.1) is 0 Å². The number of nitrogens with one attached hydrogen (secondary N) is 2. The standard InChI is InChI=1S/C29H40N2O6S/c1-38(34,35)31-27-21-25(13-15-28(27)32)29(33)22-30-16-6-2-3-7-17-36-18-8-9-19-37-26-14-12-23-10-4-5-11-24(23)20-26/h4-5,10-15,20-21,29-33H,2-3,6-9,16-19,22H2,1H3. The van der Waals surface area contributed by atoms with Crippen LogP contribution in [0.4, 0.5) is 5.69 Å². The van der Waals surface area contributed by atoms with Crippen LogP contribution < -0.4 is 14.8 Å². The first kappa shape index (κ1) is 29.7. The fraction of sp³-hybridized carbons (Fsp3) is 0.448. The van der Waals surface area contributed by atoms with Gasteiger partial charge < -0.3 is 25.0 Å². The quantitative estimate of drug-likeness (QED) is 0.132. The number of unbranched alkanes of at least 4 members (excludes halogenated alkanes) is 4. The van der Waals surface area contributed by atoms with E-state index in [1.807, 2.05) is 18.2 Å². The van der Waals surface area contributed by atoms with Crippen LogP contribution in [0.2, 0.25) is 0 Å². The Morgan fingerprint density at radius 3 is 2.34 bits per heavy atom. The van der Waals surface area contributed by atoms with E-state index in [1.165, 1.54) is 22.9 Å². The highest BCUT2D eigenvalue weighted by molar-refractivity contribution is 7.92. The first-order valence-corrected chi connectivity index (χ1v) is 15.1. The van der Waals surface area contributed by atoms with E-state index in [-0.39, 0.29) is 11.4 Å². The fourth-order valence-electron chi connectivity index (χ4n) is 4.06. The molecule has 8 nitrogen and oxygen atoms in total. The highest BCUT2D eigenvalue weighted by Crippen LogP contribution is 2.27. The molecule has 4 N–H and O–H groups in total. The zero-order chi connectivity index (χ0) is 27.2. The van der Waals surface area contributed by atoms with Gasteiger partial charge in [0.15, 0.2) is 0 Å². The monoisotopic (exact) mass is 544 g/mol. The molecule has 0 saturated carbocycles. The minimum absolute atomic E-state index is 0.0561. The van der Waals surface area contributed by atoms with Crippen molar-refractivity contribution in [2.75, 3.05) is 43.9 Å². The van der Waals surface area contributed by atoms with E-state index in [0.717, 1.165) is 70.3 Å². The maximum Gasteiger partial charge on any atom is 0.229 e. The number of sulfonamides is 1. The van der Waals surface area contributed by atoms with E-state index in [0.29, 0.717) is 18.7 Å². The van der Waals surface area contributed by atoms with Crippen molar-refractivity contribution in [1.82, 2.24) is 5.32 Å². The molecule has 0 heterocycles. The van der Waals surface area contributed by atoms with Crippen LogP contribution in [0.5, 0.6) is 11.5 Å². The second kappa shape index (κ2) is 15.5. The second-order valence-corrected chi connectivity index (χ2v) is 11.2. The molecule has 3 rings (SSSR count). The summed E-state index contributed by atoms with van der Waals surface area (Å²) in [4.78, 5) is 0. The van der Waals surface area contributed by atoms with Gasteiger partial charge in [0.05, 0.1) is 24.7 Å². The summed E-state index contributed by atoms with van der Waals surface area (Å²) < 4.78 is 36.7. The number of aliphatic hydroxyl groups is 1. The summed E-state index contributed by atoms with van der Waals surface area (Å²) in [7, 11) is -3.52. The minimum Gasteiger partial charge on any atom is -0.506 e. The van der Waals surface area contributed by atoms with Gasteiger partial charge in [0, 0.05) is 19.8 Å². The van der Waals surface area contributed by atoms with E-state index >= 15 is 0 Å². The summed E-state index contributed by atoms with van der Waals surface area (Å²) >= 11 is 0. The van der Waals surface area contributed by atoms with Crippen molar-refractivity contribution in [3.63, 3.8) is 0 Å². The van der Waals surface area contributed by atoms with E-state index < -0.39 is 16.1 Å². The molecule has 0 aliphatic heterocycles. The van der Waals surface area contributed by atoms with Crippen molar-refractivity contribution < 1.29 is 28.1 Å². The van der Waals surface area contributed by atoms with Gasteiger partial charge in [0.2, 0.25) is 10.0 Å². The molecule has 0 bridgehead atoms. The maximum absolute atomic E-state index is 11.4. The largest absolute Gasteiger partial charge is 0.506 e. The van der Waals surface area contributed by atoms with Crippen molar-refractivity contribution in [2.24, 2.45) is 0 Å². The third-order valence-electron chi connectivity index (χ3n) is 6.10. The molecule has 0 radical (unpaired) electrons. The first-order chi connectivity index (χ1) is 18.3. The van der Waals surface area contributed by atoms with Gasteiger partial charge in [0.25, 0.3) is 0 Å². The zero-order valence-corrected chi connectivity index (χ0v) is 22.9. The average Bonchev–Trinajstić information content (AvgIpc) is 2.89. The topological polar surface area (TPSA) is 117 Å². The molecule has 0 aliphatic rings. The molecule has 9 heteroatoms. The van der Waals surface area contributed by atoms with Gasteiger partial charge in [-0.2, -0.15) is 0 Å². The van der Waals surface area contributed by atoms with Crippen LogP contribution in [0.25, 0.3) is 10.8 Å². The number of hydrogen-bond donors (Lipinski definition) is 4. The SMILES string of the molecule is CS(=O)(=O)Nc1cc(C(O)CNCCCCCCOCCCCOc2ccc3ccccc3c2)ccc1O. The van der Waals surface area contributed by atoms with Gasteiger partial charge in [0.1, 0.15) is 11.5 Å². The Labute approximate surface area is 226 Å². The Hall–Kier alpha value is -2.85. The lowest BCUT2D eigenvalue weighted by Crippen LogP contribution is -2.22. The van der Waals surface area contributed by atoms with E-state index in [4.69, 9.17) is 9.47 Å². The normalized spacial score (nSPS) is 12.5. The van der Waals surface area contributed by atoms with E-state index in [2.05, 4.69) is 34.3 Å².